The maximum Gasteiger partial charge on any atom is 0.283 e. The van der Waals surface area contributed by atoms with Crippen LogP contribution in [0, 0.1) is 6.92 Å². The van der Waals surface area contributed by atoms with Crippen molar-refractivity contribution >= 4 is 17.7 Å². The first kappa shape index (κ1) is 9.33. The molecule has 1 aromatic rings. The van der Waals surface area contributed by atoms with Crippen LogP contribution in [0.1, 0.15) is 11.7 Å². The van der Waals surface area contributed by atoms with E-state index in [1.807, 2.05) is 6.92 Å². The molecule has 0 radical (unpaired) electrons. The Bertz CT molecular complexity index is 405. The number of hydrogen-bond acceptors (Lipinski definition) is 4. The van der Waals surface area contributed by atoms with Gasteiger partial charge >= 0.3 is 0 Å². The van der Waals surface area contributed by atoms with E-state index >= 15 is 0 Å². The first-order valence-corrected chi connectivity index (χ1v) is 5.17. The Balaban J connectivity index is 2.58. The lowest BCUT2D eigenvalue weighted by atomic mass is 10.2. The second-order valence-electron chi connectivity index (χ2n) is 3.18. The van der Waals surface area contributed by atoms with Gasteiger partial charge in [0, 0.05) is 13.0 Å². The molecule has 1 aliphatic rings. The number of carboxylic acid groups (broad SMARTS) is 1. The lowest BCUT2D eigenvalue weighted by Gasteiger charge is -2.08. The highest BCUT2D eigenvalue weighted by atomic mass is 32.2. The van der Waals surface area contributed by atoms with Crippen molar-refractivity contribution in [2.24, 2.45) is 0 Å². The topological polar surface area (TPSA) is 64.2 Å². The van der Waals surface area contributed by atoms with Crippen molar-refractivity contribution in [2.75, 3.05) is 5.75 Å². The van der Waals surface area contributed by atoms with Crippen LogP contribution in [-0.4, -0.2) is 16.8 Å². The monoisotopic (exact) mass is 211 g/mol. The number of rotatable bonds is 1. The lowest BCUT2D eigenvalue weighted by Crippen LogP contribution is -2.50. The molecule has 0 saturated heterocycles. The van der Waals surface area contributed by atoms with Crippen molar-refractivity contribution in [3.05, 3.63) is 17.8 Å². The molecule has 0 amide bonds. The fourth-order valence-corrected chi connectivity index (χ4v) is 2.80. The van der Waals surface area contributed by atoms with Crippen LogP contribution in [0.2, 0.25) is 0 Å². The third kappa shape index (κ3) is 1.24. The molecule has 0 fully saturated rings. The Kier molecular flexibility index (Phi) is 2.11. The number of fused-ring (bicyclic) bond motifs is 1. The number of aromatic hydroxyl groups is 1. The molecule has 0 spiro atoms. The molecule has 0 aliphatic carbocycles. The van der Waals surface area contributed by atoms with E-state index in [4.69, 9.17) is 0 Å². The quantitative estimate of drug-likeness (QED) is 0.629. The van der Waals surface area contributed by atoms with E-state index < -0.39 is 12.0 Å². The van der Waals surface area contributed by atoms with Crippen LogP contribution in [0.15, 0.2) is 17.2 Å². The average Bonchev–Trinajstić information content (AvgIpc) is 2.56. The normalized spacial score (nSPS) is 19.4. The SMILES string of the molecule is Cc1ccc(O)c2[n+]1C(C(=O)[O-])CS2. The fraction of sp³-hybridized carbons (Fsp3) is 0.333. The summed E-state index contributed by atoms with van der Waals surface area (Å²) in [6.45, 7) is 1.81. The van der Waals surface area contributed by atoms with Gasteiger partial charge in [0.25, 0.3) is 5.03 Å². The average molecular weight is 211 g/mol. The van der Waals surface area contributed by atoms with Gasteiger partial charge < -0.3 is 15.0 Å². The summed E-state index contributed by atoms with van der Waals surface area (Å²) in [4.78, 5) is 10.8. The summed E-state index contributed by atoms with van der Waals surface area (Å²) in [6.07, 6.45) is 0. The molecule has 0 saturated carbocycles. The molecule has 2 heterocycles. The van der Waals surface area contributed by atoms with E-state index in [2.05, 4.69) is 0 Å². The molecule has 1 unspecified atom stereocenters. The second-order valence-corrected chi connectivity index (χ2v) is 4.19. The summed E-state index contributed by atoms with van der Waals surface area (Å²) >= 11 is 1.34. The molecule has 1 atom stereocenters. The van der Waals surface area contributed by atoms with E-state index in [0.717, 1.165) is 5.69 Å². The third-order valence-electron chi connectivity index (χ3n) is 2.26. The Morgan fingerprint density at radius 3 is 3.07 bits per heavy atom. The van der Waals surface area contributed by atoms with E-state index in [1.54, 1.807) is 16.7 Å². The van der Waals surface area contributed by atoms with Gasteiger partial charge in [0.2, 0.25) is 6.04 Å². The van der Waals surface area contributed by atoms with Gasteiger partial charge in [-0.3, -0.25) is 0 Å². The molecule has 1 aliphatic heterocycles. The second kappa shape index (κ2) is 3.16. The predicted octanol–water partition coefficient (Wildman–Crippen LogP) is -0.615. The Morgan fingerprint density at radius 2 is 2.43 bits per heavy atom. The third-order valence-corrected chi connectivity index (χ3v) is 3.42. The van der Waals surface area contributed by atoms with Crippen molar-refractivity contribution in [2.45, 2.75) is 18.0 Å². The number of aromatic nitrogens is 1. The fourth-order valence-electron chi connectivity index (χ4n) is 1.57. The molecular weight excluding hydrogens is 202 g/mol. The molecule has 5 heteroatoms. The summed E-state index contributed by atoms with van der Waals surface area (Å²) in [6, 6.07) is 2.61. The van der Waals surface area contributed by atoms with Gasteiger partial charge in [-0.1, -0.05) is 0 Å². The Labute approximate surface area is 85.2 Å². The van der Waals surface area contributed by atoms with Crippen LogP contribution in [0.3, 0.4) is 0 Å². The number of thioether (sulfide) groups is 1. The van der Waals surface area contributed by atoms with Crippen molar-refractivity contribution in [1.82, 2.24) is 0 Å². The smallest absolute Gasteiger partial charge is 0.283 e. The highest BCUT2D eigenvalue weighted by Gasteiger charge is 2.36. The maximum absolute atomic E-state index is 10.8. The molecule has 1 aromatic heterocycles. The van der Waals surface area contributed by atoms with E-state index in [1.165, 1.54) is 11.8 Å². The van der Waals surface area contributed by atoms with Crippen LogP contribution < -0.4 is 9.67 Å². The van der Waals surface area contributed by atoms with Gasteiger partial charge in [-0.15, -0.1) is 0 Å². The highest BCUT2D eigenvalue weighted by Crippen LogP contribution is 2.33. The van der Waals surface area contributed by atoms with Crippen LogP contribution in [0.4, 0.5) is 0 Å². The highest BCUT2D eigenvalue weighted by molar-refractivity contribution is 7.99. The van der Waals surface area contributed by atoms with Crippen molar-refractivity contribution in [3.63, 3.8) is 0 Å². The molecule has 14 heavy (non-hydrogen) atoms. The summed E-state index contributed by atoms with van der Waals surface area (Å²) in [5.41, 5.74) is 0.817. The Morgan fingerprint density at radius 1 is 1.71 bits per heavy atom. The van der Waals surface area contributed by atoms with Gasteiger partial charge in [0.1, 0.15) is 5.97 Å². The van der Waals surface area contributed by atoms with E-state index in [9.17, 15) is 15.0 Å². The zero-order valence-corrected chi connectivity index (χ0v) is 8.37. The standard InChI is InChI=1S/C9H9NO3S/c1-5-2-3-7(11)8-10(5)6(4-14-8)9(12)13/h2-3,6H,4H2,1H3,(H-,11,12,13). The number of aliphatic carboxylic acids is 1. The molecule has 74 valence electrons. The zero-order chi connectivity index (χ0) is 10.3. The first-order valence-electron chi connectivity index (χ1n) is 4.19. The van der Waals surface area contributed by atoms with Crippen LogP contribution in [-0.2, 0) is 4.79 Å². The number of hydrogen-bond donors (Lipinski definition) is 1. The van der Waals surface area contributed by atoms with E-state index in [-0.39, 0.29) is 5.75 Å². The predicted molar refractivity (Wildman–Crippen MR) is 47.8 cm³/mol. The molecular formula is C9H9NO3S. The lowest BCUT2D eigenvalue weighted by molar-refractivity contribution is -0.746. The number of nitrogens with zero attached hydrogens (tertiary/aromatic N) is 1. The number of carbonyl (C=O) groups is 1. The number of carbonyl (C=O) groups excluding carboxylic acids is 1. The van der Waals surface area contributed by atoms with Crippen molar-refractivity contribution in [1.29, 1.82) is 0 Å². The summed E-state index contributed by atoms with van der Waals surface area (Å²) < 4.78 is 1.61. The van der Waals surface area contributed by atoms with Crippen molar-refractivity contribution in [3.8, 4) is 5.75 Å². The minimum Gasteiger partial charge on any atom is -0.543 e. The van der Waals surface area contributed by atoms with Gasteiger partial charge in [-0.25, -0.2) is 0 Å². The minimum absolute atomic E-state index is 0.129. The largest absolute Gasteiger partial charge is 0.543 e. The van der Waals surface area contributed by atoms with Gasteiger partial charge in [-0.2, -0.15) is 4.57 Å². The minimum atomic E-state index is -1.10. The van der Waals surface area contributed by atoms with Gasteiger partial charge in [0.15, 0.2) is 11.4 Å². The van der Waals surface area contributed by atoms with Gasteiger partial charge in [-0.05, 0) is 17.8 Å². The van der Waals surface area contributed by atoms with Gasteiger partial charge in [0.05, 0.1) is 5.75 Å². The molecule has 2 rings (SSSR count). The maximum atomic E-state index is 10.8. The number of aryl methyl sites for hydroxylation is 1. The number of pyridine rings is 1. The number of carboxylic acids is 1. The summed E-state index contributed by atoms with van der Waals surface area (Å²) in [5, 5.41) is 20.9. The summed E-state index contributed by atoms with van der Waals surface area (Å²) in [7, 11) is 0. The molecule has 4 nitrogen and oxygen atoms in total. The molecule has 0 bridgehead atoms. The van der Waals surface area contributed by atoms with E-state index in [0.29, 0.717) is 10.8 Å². The van der Waals surface area contributed by atoms with Crippen LogP contribution in [0.5, 0.6) is 5.75 Å². The van der Waals surface area contributed by atoms with Crippen LogP contribution >= 0.6 is 11.8 Å². The molecule has 0 aromatic carbocycles. The Hall–Kier alpha value is -1.23. The first-order chi connectivity index (χ1) is 6.61. The van der Waals surface area contributed by atoms with Crippen molar-refractivity contribution < 1.29 is 19.6 Å². The molecule has 1 N–H and O–H groups in total. The van der Waals surface area contributed by atoms with Crippen LogP contribution in [0.25, 0.3) is 0 Å². The summed E-state index contributed by atoms with van der Waals surface area (Å²) in [5.74, 6) is -0.555. The zero-order valence-electron chi connectivity index (χ0n) is 7.56.